The van der Waals surface area contributed by atoms with Crippen LogP contribution >= 0.6 is 15.9 Å². The summed E-state index contributed by atoms with van der Waals surface area (Å²) in [5.74, 6) is 1.37. The molecule has 0 radical (unpaired) electrons. The number of rotatable bonds is 2. The maximum Gasteiger partial charge on any atom is 0.234 e. The number of aryl methyl sites for hydroxylation is 1. The average molecular weight is 322 g/mol. The van der Waals surface area contributed by atoms with E-state index in [1.807, 2.05) is 6.07 Å². The fourth-order valence-corrected chi connectivity index (χ4v) is 3.05. The third-order valence-electron chi connectivity index (χ3n) is 3.68. The molecule has 0 amide bonds. The third kappa shape index (κ3) is 2.32. The molecule has 2 aromatic rings. The monoisotopic (exact) mass is 321 g/mol. The number of nitrogens with zero attached hydrogens (tertiary/aromatic N) is 2. The van der Waals surface area contributed by atoms with E-state index in [1.165, 1.54) is 5.56 Å². The molecule has 5 heteroatoms. The minimum atomic E-state index is -0.0393. The van der Waals surface area contributed by atoms with Crippen LogP contribution in [0.1, 0.15) is 24.8 Å². The lowest BCUT2D eigenvalue weighted by atomic mass is 9.90. The Hall–Kier alpha value is -1.20. The first-order chi connectivity index (χ1) is 9.08. The Morgan fingerprint density at radius 1 is 1.42 bits per heavy atom. The minimum Gasteiger partial charge on any atom is -0.338 e. The summed E-state index contributed by atoms with van der Waals surface area (Å²) in [7, 11) is 0. The second-order valence-corrected chi connectivity index (χ2v) is 6.25. The number of aromatic nitrogens is 2. The Morgan fingerprint density at radius 3 is 2.95 bits per heavy atom. The predicted octanol–water partition coefficient (Wildman–Crippen LogP) is 3.06. The summed E-state index contributed by atoms with van der Waals surface area (Å²) in [6.45, 7) is 6.11. The normalized spacial score (nSPS) is 22.9. The second-order valence-electron chi connectivity index (χ2n) is 5.39. The maximum atomic E-state index is 5.47. The zero-order valence-corrected chi connectivity index (χ0v) is 12.6. The summed E-state index contributed by atoms with van der Waals surface area (Å²) >= 11 is 3.56. The number of halogens is 1. The molecule has 4 nitrogen and oxygen atoms in total. The van der Waals surface area contributed by atoms with Gasteiger partial charge in [-0.3, -0.25) is 0 Å². The quantitative estimate of drug-likeness (QED) is 0.923. The van der Waals surface area contributed by atoms with Crippen LogP contribution in [-0.2, 0) is 5.41 Å². The highest BCUT2D eigenvalue weighted by Gasteiger charge is 2.36. The highest BCUT2D eigenvalue weighted by atomic mass is 79.9. The van der Waals surface area contributed by atoms with Gasteiger partial charge in [0, 0.05) is 16.6 Å². The van der Waals surface area contributed by atoms with Gasteiger partial charge in [0.2, 0.25) is 11.7 Å². The van der Waals surface area contributed by atoms with E-state index in [9.17, 15) is 0 Å². The molecule has 1 aliphatic heterocycles. The van der Waals surface area contributed by atoms with Crippen molar-refractivity contribution >= 4 is 15.9 Å². The molecule has 2 heterocycles. The Labute approximate surface area is 120 Å². The molecule has 0 saturated carbocycles. The largest absolute Gasteiger partial charge is 0.338 e. The van der Waals surface area contributed by atoms with Gasteiger partial charge >= 0.3 is 0 Å². The van der Waals surface area contributed by atoms with Crippen molar-refractivity contribution in [1.82, 2.24) is 15.5 Å². The van der Waals surface area contributed by atoms with Crippen LogP contribution in [0.15, 0.2) is 27.2 Å². The number of hydrogen-bond acceptors (Lipinski definition) is 4. The Morgan fingerprint density at radius 2 is 2.26 bits per heavy atom. The maximum absolute atomic E-state index is 5.47. The molecule has 0 spiro atoms. The fourth-order valence-electron chi connectivity index (χ4n) is 2.38. The molecule has 1 fully saturated rings. The van der Waals surface area contributed by atoms with Crippen molar-refractivity contribution in [3.63, 3.8) is 0 Å². The molecule has 1 atom stereocenters. The van der Waals surface area contributed by atoms with Gasteiger partial charge in [-0.2, -0.15) is 4.98 Å². The van der Waals surface area contributed by atoms with Gasteiger partial charge in [0.15, 0.2) is 0 Å². The van der Waals surface area contributed by atoms with Crippen LogP contribution in [0.4, 0.5) is 0 Å². The summed E-state index contributed by atoms with van der Waals surface area (Å²) in [6.07, 6.45) is 1.03. The highest BCUT2D eigenvalue weighted by Crippen LogP contribution is 2.32. The lowest BCUT2D eigenvalue weighted by Crippen LogP contribution is -2.25. The summed E-state index contributed by atoms with van der Waals surface area (Å²) in [5.41, 5.74) is 2.13. The van der Waals surface area contributed by atoms with Crippen LogP contribution in [0, 0.1) is 6.92 Å². The van der Waals surface area contributed by atoms with E-state index in [4.69, 9.17) is 4.52 Å². The van der Waals surface area contributed by atoms with Gasteiger partial charge in [-0.1, -0.05) is 27.2 Å². The molecule has 1 saturated heterocycles. The minimum absolute atomic E-state index is 0.0393. The zero-order valence-electron chi connectivity index (χ0n) is 11.0. The molecule has 19 heavy (non-hydrogen) atoms. The number of benzene rings is 1. The smallest absolute Gasteiger partial charge is 0.234 e. The summed E-state index contributed by atoms with van der Waals surface area (Å²) in [4.78, 5) is 4.58. The molecule has 1 aromatic carbocycles. The van der Waals surface area contributed by atoms with Crippen LogP contribution < -0.4 is 5.32 Å². The molecule has 0 aliphatic carbocycles. The molecular formula is C14H16BrN3O. The van der Waals surface area contributed by atoms with Gasteiger partial charge in [-0.25, -0.2) is 0 Å². The van der Waals surface area contributed by atoms with Crippen molar-refractivity contribution in [2.24, 2.45) is 0 Å². The molecule has 100 valence electrons. The van der Waals surface area contributed by atoms with Gasteiger partial charge in [-0.15, -0.1) is 0 Å². The van der Waals surface area contributed by atoms with Gasteiger partial charge in [-0.05, 0) is 44.5 Å². The lowest BCUT2D eigenvalue weighted by molar-refractivity contribution is 0.306. The standard InChI is InChI=1S/C14H16BrN3O/c1-9-3-4-10(11(15)7-9)12-17-13(19-18-12)14(2)5-6-16-8-14/h3-4,7,16H,5-6,8H2,1-2H3. The van der Waals surface area contributed by atoms with E-state index in [0.717, 1.165) is 35.4 Å². The summed E-state index contributed by atoms with van der Waals surface area (Å²) < 4.78 is 6.46. The second kappa shape index (κ2) is 4.72. The fraction of sp³-hybridized carbons (Fsp3) is 0.429. The molecule has 1 unspecified atom stereocenters. The molecule has 0 bridgehead atoms. The first kappa shape index (κ1) is 12.8. The van der Waals surface area contributed by atoms with E-state index in [2.05, 4.69) is 57.4 Å². The van der Waals surface area contributed by atoms with Crippen molar-refractivity contribution in [3.8, 4) is 11.4 Å². The van der Waals surface area contributed by atoms with E-state index in [1.54, 1.807) is 0 Å². The summed E-state index contributed by atoms with van der Waals surface area (Å²) in [5, 5.41) is 7.46. The lowest BCUT2D eigenvalue weighted by Gasteiger charge is -2.15. The first-order valence-electron chi connectivity index (χ1n) is 6.40. The highest BCUT2D eigenvalue weighted by molar-refractivity contribution is 9.10. The van der Waals surface area contributed by atoms with Gasteiger partial charge in [0.1, 0.15) is 0 Å². The van der Waals surface area contributed by atoms with Crippen LogP contribution in [0.2, 0.25) is 0 Å². The Balaban J connectivity index is 1.97. The number of nitrogens with one attached hydrogen (secondary N) is 1. The SMILES string of the molecule is Cc1ccc(-c2noc(C3(C)CCNC3)n2)c(Br)c1. The molecular weight excluding hydrogens is 306 g/mol. The molecule has 1 N–H and O–H groups in total. The van der Waals surface area contributed by atoms with Crippen LogP contribution in [-0.4, -0.2) is 23.2 Å². The van der Waals surface area contributed by atoms with Crippen LogP contribution in [0.3, 0.4) is 0 Å². The van der Waals surface area contributed by atoms with Crippen molar-refractivity contribution in [2.45, 2.75) is 25.7 Å². The Bertz CT molecular complexity index is 602. The molecule has 1 aliphatic rings. The van der Waals surface area contributed by atoms with E-state index >= 15 is 0 Å². The van der Waals surface area contributed by atoms with E-state index in [-0.39, 0.29) is 5.41 Å². The van der Waals surface area contributed by atoms with Gasteiger partial charge in [0.25, 0.3) is 0 Å². The van der Waals surface area contributed by atoms with E-state index in [0.29, 0.717) is 5.82 Å². The van der Waals surface area contributed by atoms with Gasteiger partial charge < -0.3 is 9.84 Å². The number of hydrogen-bond donors (Lipinski definition) is 1. The average Bonchev–Trinajstić information content (AvgIpc) is 2.99. The molecule has 3 rings (SSSR count). The van der Waals surface area contributed by atoms with Crippen molar-refractivity contribution < 1.29 is 4.52 Å². The third-order valence-corrected chi connectivity index (χ3v) is 4.33. The predicted molar refractivity (Wildman–Crippen MR) is 77.0 cm³/mol. The zero-order chi connectivity index (χ0) is 13.5. The first-order valence-corrected chi connectivity index (χ1v) is 7.19. The molecule has 1 aromatic heterocycles. The van der Waals surface area contributed by atoms with Gasteiger partial charge in [0.05, 0.1) is 5.41 Å². The topological polar surface area (TPSA) is 51.0 Å². The van der Waals surface area contributed by atoms with E-state index < -0.39 is 0 Å². The van der Waals surface area contributed by atoms with Crippen LogP contribution in [0.25, 0.3) is 11.4 Å². The summed E-state index contributed by atoms with van der Waals surface area (Å²) in [6, 6.07) is 6.13. The van der Waals surface area contributed by atoms with Crippen molar-refractivity contribution in [3.05, 3.63) is 34.1 Å². The van der Waals surface area contributed by atoms with Crippen LogP contribution in [0.5, 0.6) is 0 Å². The van der Waals surface area contributed by atoms with Crippen molar-refractivity contribution in [1.29, 1.82) is 0 Å². The van der Waals surface area contributed by atoms with Crippen molar-refractivity contribution in [2.75, 3.05) is 13.1 Å². The Kier molecular flexibility index (Phi) is 3.19.